The van der Waals surface area contributed by atoms with Crippen LogP contribution in [0.3, 0.4) is 0 Å². The first-order valence-corrected chi connectivity index (χ1v) is 11.8. The van der Waals surface area contributed by atoms with Crippen LogP contribution in [-0.4, -0.2) is 71.3 Å². The fourth-order valence-electron chi connectivity index (χ4n) is 3.04. The molecule has 2 aromatic rings. The first kappa shape index (κ1) is 22.4. The molecule has 1 aromatic heterocycles. The summed E-state index contributed by atoms with van der Waals surface area (Å²) in [5, 5.41) is 2.82. The van der Waals surface area contributed by atoms with E-state index in [1.54, 1.807) is 25.3 Å². The van der Waals surface area contributed by atoms with Crippen LogP contribution in [0.2, 0.25) is 0 Å². The van der Waals surface area contributed by atoms with Gasteiger partial charge in [-0.25, -0.2) is 9.97 Å². The lowest BCUT2D eigenvalue weighted by Gasteiger charge is -2.30. The van der Waals surface area contributed by atoms with Crippen molar-refractivity contribution in [1.82, 2.24) is 9.97 Å². The summed E-state index contributed by atoms with van der Waals surface area (Å²) in [4.78, 5) is 23.2. The molecule has 0 radical (unpaired) electrons. The van der Waals surface area contributed by atoms with E-state index < -0.39 is 10.6 Å². The lowest BCUT2D eigenvalue weighted by atomic mass is 10.2. The molecule has 2 heterocycles. The van der Waals surface area contributed by atoms with Crippen molar-refractivity contribution in [2.75, 3.05) is 56.5 Å². The first-order chi connectivity index (χ1) is 14.3. The fraction of sp³-hybridized carbons (Fsp3) is 0.450. The van der Waals surface area contributed by atoms with Crippen molar-refractivity contribution < 1.29 is 23.4 Å². The third kappa shape index (κ3) is 6.64. The number of nitrogens with one attached hydrogen (secondary N) is 1. The van der Waals surface area contributed by atoms with Crippen LogP contribution < -0.4 is 10.2 Å². The molecule has 1 fully saturated rings. The van der Waals surface area contributed by atoms with E-state index in [2.05, 4.69) is 20.2 Å². The highest BCUT2D eigenvalue weighted by molar-refractivity contribution is 8.23. The van der Waals surface area contributed by atoms with Crippen molar-refractivity contribution in [1.29, 1.82) is 0 Å². The van der Waals surface area contributed by atoms with Gasteiger partial charge in [0.05, 0.1) is 37.7 Å². The molecule has 3 rings (SSSR count). The number of aromatic nitrogens is 2. The van der Waals surface area contributed by atoms with Gasteiger partial charge in [0, 0.05) is 43.8 Å². The topological polar surface area (TPSA) is 117 Å². The van der Waals surface area contributed by atoms with Crippen LogP contribution in [0.15, 0.2) is 30.3 Å². The van der Waals surface area contributed by atoms with E-state index in [1.165, 1.54) is 6.26 Å². The van der Waals surface area contributed by atoms with Crippen molar-refractivity contribution >= 4 is 28.0 Å². The van der Waals surface area contributed by atoms with Crippen molar-refractivity contribution in [3.8, 4) is 11.4 Å². The SMILES string of the molecule is COCCC(=O)Nc1ccc(-c2nc(CS(C)(O)O)cc(N3CCOCC3)n2)cc1. The van der Waals surface area contributed by atoms with Gasteiger partial charge >= 0.3 is 0 Å². The predicted molar refractivity (Wildman–Crippen MR) is 118 cm³/mol. The Morgan fingerprint density at radius 1 is 1.23 bits per heavy atom. The minimum absolute atomic E-state index is 0.0630. The van der Waals surface area contributed by atoms with Gasteiger partial charge in [0.1, 0.15) is 5.82 Å². The minimum atomic E-state index is -2.74. The number of anilines is 2. The molecular formula is C20H28N4O5S. The number of hydrogen-bond donors (Lipinski definition) is 3. The van der Waals surface area contributed by atoms with Crippen LogP contribution in [0, 0.1) is 0 Å². The quantitative estimate of drug-likeness (QED) is 0.578. The number of amides is 1. The molecule has 1 aromatic carbocycles. The average Bonchev–Trinajstić information content (AvgIpc) is 2.72. The molecule has 0 bridgehead atoms. The third-order valence-electron chi connectivity index (χ3n) is 4.48. The number of morpholine rings is 1. The van der Waals surface area contributed by atoms with Crippen LogP contribution in [0.5, 0.6) is 0 Å². The van der Waals surface area contributed by atoms with E-state index >= 15 is 0 Å². The standard InChI is InChI=1S/C20H28N4O5S/c1-28-10-7-19(25)21-16-5-3-15(4-6-16)20-22-17(14-30(2,26)27)13-18(23-20)24-8-11-29-12-9-24/h3-6,13,26-27H,7-12,14H2,1-2H3,(H,21,25). The molecule has 30 heavy (non-hydrogen) atoms. The molecule has 0 atom stereocenters. The Hall–Kier alpha value is -2.24. The summed E-state index contributed by atoms with van der Waals surface area (Å²) in [5.74, 6) is 1.17. The van der Waals surface area contributed by atoms with Crippen LogP contribution >= 0.6 is 10.6 Å². The molecule has 3 N–H and O–H groups in total. The zero-order chi connectivity index (χ0) is 21.6. The van der Waals surface area contributed by atoms with E-state index in [9.17, 15) is 13.9 Å². The lowest BCUT2D eigenvalue weighted by molar-refractivity contribution is -0.117. The van der Waals surface area contributed by atoms with Crippen LogP contribution in [0.4, 0.5) is 11.5 Å². The Morgan fingerprint density at radius 2 is 1.93 bits per heavy atom. The van der Waals surface area contributed by atoms with Crippen molar-refractivity contribution in [3.05, 3.63) is 36.0 Å². The zero-order valence-electron chi connectivity index (χ0n) is 17.2. The average molecular weight is 437 g/mol. The Kier molecular flexibility index (Phi) is 7.62. The van der Waals surface area contributed by atoms with Gasteiger partial charge in [-0.1, -0.05) is 0 Å². The largest absolute Gasteiger partial charge is 0.384 e. The maximum atomic E-state index is 11.8. The van der Waals surface area contributed by atoms with Crippen LogP contribution in [0.1, 0.15) is 12.1 Å². The van der Waals surface area contributed by atoms with E-state index in [0.29, 0.717) is 50.1 Å². The molecule has 0 aliphatic carbocycles. The van der Waals surface area contributed by atoms with Gasteiger partial charge in [-0.3, -0.25) is 13.9 Å². The summed E-state index contributed by atoms with van der Waals surface area (Å²) in [6.45, 7) is 3.03. The summed E-state index contributed by atoms with van der Waals surface area (Å²) in [5.41, 5.74) is 2.02. The summed E-state index contributed by atoms with van der Waals surface area (Å²) in [6.07, 6.45) is 1.69. The second-order valence-corrected chi connectivity index (χ2v) is 9.42. The Bertz CT molecular complexity index is 851. The third-order valence-corrected chi connectivity index (χ3v) is 5.32. The second-order valence-electron chi connectivity index (χ2n) is 7.15. The van der Waals surface area contributed by atoms with Crippen molar-refractivity contribution in [2.45, 2.75) is 12.2 Å². The highest BCUT2D eigenvalue weighted by atomic mass is 32.3. The van der Waals surface area contributed by atoms with E-state index in [1.807, 2.05) is 12.1 Å². The lowest BCUT2D eigenvalue weighted by Crippen LogP contribution is -2.37. The van der Waals surface area contributed by atoms with Crippen LogP contribution in [-0.2, 0) is 20.0 Å². The van der Waals surface area contributed by atoms with Gasteiger partial charge in [-0.2, -0.15) is 10.6 Å². The molecule has 0 unspecified atom stereocenters. The second kappa shape index (κ2) is 10.2. The van der Waals surface area contributed by atoms with Crippen molar-refractivity contribution in [2.24, 2.45) is 0 Å². The van der Waals surface area contributed by atoms with Crippen molar-refractivity contribution in [3.63, 3.8) is 0 Å². The molecule has 1 aliphatic rings. The minimum Gasteiger partial charge on any atom is -0.384 e. The highest BCUT2D eigenvalue weighted by Gasteiger charge is 2.18. The molecule has 0 saturated carbocycles. The number of methoxy groups -OCH3 is 1. The molecular weight excluding hydrogens is 408 g/mol. The molecule has 1 saturated heterocycles. The number of ether oxygens (including phenoxy) is 2. The van der Waals surface area contributed by atoms with E-state index in [0.717, 1.165) is 11.4 Å². The monoisotopic (exact) mass is 436 g/mol. The number of benzene rings is 1. The molecule has 1 aliphatic heterocycles. The summed E-state index contributed by atoms with van der Waals surface area (Å²) >= 11 is 0. The molecule has 164 valence electrons. The summed E-state index contributed by atoms with van der Waals surface area (Å²) < 4.78 is 30.1. The maximum Gasteiger partial charge on any atom is 0.226 e. The first-order valence-electron chi connectivity index (χ1n) is 9.65. The molecule has 9 nitrogen and oxygen atoms in total. The van der Waals surface area contributed by atoms with Gasteiger partial charge in [0.25, 0.3) is 0 Å². The smallest absolute Gasteiger partial charge is 0.226 e. The number of carbonyl (C=O) groups is 1. The van der Waals surface area contributed by atoms with Gasteiger partial charge in [0.15, 0.2) is 5.82 Å². The fourth-order valence-corrected chi connectivity index (χ4v) is 3.75. The van der Waals surface area contributed by atoms with Gasteiger partial charge < -0.3 is 19.7 Å². The Labute approximate surface area is 177 Å². The normalized spacial score (nSPS) is 15.1. The number of hydrogen-bond acceptors (Lipinski definition) is 8. The molecule has 0 spiro atoms. The Balaban J connectivity index is 1.84. The van der Waals surface area contributed by atoms with Gasteiger partial charge in [0.2, 0.25) is 5.91 Å². The van der Waals surface area contributed by atoms with Crippen LogP contribution in [0.25, 0.3) is 11.4 Å². The van der Waals surface area contributed by atoms with Gasteiger partial charge in [-0.05, 0) is 24.3 Å². The number of nitrogens with zero attached hydrogens (tertiary/aromatic N) is 3. The molecule has 1 amide bonds. The number of carbonyl (C=O) groups excluding carboxylic acids is 1. The Morgan fingerprint density at radius 3 is 2.57 bits per heavy atom. The predicted octanol–water partition coefficient (Wildman–Crippen LogP) is 2.84. The van der Waals surface area contributed by atoms with Gasteiger partial charge in [-0.15, -0.1) is 0 Å². The number of rotatable bonds is 8. The zero-order valence-corrected chi connectivity index (χ0v) is 18.0. The highest BCUT2D eigenvalue weighted by Crippen LogP contribution is 2.38. The summed E-state index contributed by atoms with van der Waals surface area (Å²) in [7, 11) is -1.19. The summed E-state index contributed by atoms with van der Waals surface area (Å²) in [6, 6.07) is 9.04. The van der Waals surface area contributed by atoms with E-state index in [4.69, 9.17) is 9.47 Å². The maximum absolute atomic E-state index is 11.8. The van der Waals surface area contributed by atoms with E-state index in [-0.39, 0.29) is 18.1 Å². The molecule has 10 heteroatoms.